The molecule has 6 heteroatoms. The number of rotatable bonds is 2. The van der Waals surface area contributed by atoms with E-state index in [1.54, 1.807) is 12.1 Å². The maximum absolute atomic E-state index is 10.5. The van der Waals surface area contributed by atoms with Crippen molar-refractivity contribution in [2.75, 3.05) is 6.61 Å². The minimum Gasteiger partial charge on any atom is -0.645 e. The van der Waals surface area contributed by atoms with E-state index in [1.807, 2.05) is 13.8 Å². The predicted octanol–water partition coefficient (Wildman–Crippen LogP) is 3.64. The van der Waals surface area contributed by atoms with Crippen molar-refractivity contribution in [1.29, 1.82) is 0 Å². The molecule has 1 fully saturated rings. The SMILES string of the molecule is CC1(C)CO/C(=C(\Cl)c2ccc([N+](=O)[O-])cc2)[N-]1. The molecule has 0 radical (unpaired) electrons. The number of hydrogen-bond acceptors (Lipinski definition) is 3. The van der Waals surface area contributed by atoms with Crippen LogP contribution in [0.25, 0.3) is 10.3 Å². The quantitative estimate of drug-likeness (QED) is 0.607. The van der Waals surface area contributed by atoms with E-state index in [0.717, 1.165) is 0 Å². The largest absolute Gasteiger partial charge is 0.645 e. The van der Waals surface area contributed by atoms with Crippen LogP contribution in [0.3, 0.4) is 0 Å². The van der Waals surface area contributed by atoms with Crippen LogP contribution in [0.15, 0.2) is 30.1 Å². The molecule has 0 N–H and O–H groups in total. The van der Waals surface area contributed by atoms with Gasteiger partial charge in [0.05, 0.1) is 16.6 Å². The maximum atomic E-state index is 10.5. The van der Waals surface area contributed by atoms with Crippen LogP contribution in [0, 0.1) is 10.1 Å². The first-order chi connectivity index (χ1) is 8.39. The van der Waals surface area contributed by atoms with Gasteiger partial charge in [0.25, 0.3) is 5.69 Å². The fraction of sp³-hybridized carbons (Fsp3) is 0.333. The lowest BCUT2D eigenvalue weighted by Gasteiger charge is -2.29. The minimum absolute atomic E-state index is 0.0258. The van der Waals surface area contributed by atoms with Gasteiger partial charge in [0.1, 0.15) is 0 Å². The molecule has 1 aliphatic heterocycles. The minimum atomic E-state index is -0.454. The van der Waals surface area contributed by atoms with Crippen molar-refractivity contribution < 1.29 is 9.66 Å². The molecule has 1 aromatic rings. The van der Waals surface area contributed by atoms with E-state index in [4.69, 9.17) is 16.3 Å². The molecule has 1 saturated heterocycles. The van der Waals surface area contributed by atoms with E-state index < -0.39 is 4.92 Å². The van der Waals surface area contributed by atoms with Gasteiger partial charge in [0, 0.05) is 18.0 Å². The molecule has 1 aliphatic rings. The van der Waals surface area contributed by atoms with Crippen molar-refractivity contribution in [3.05, 3.63) is 51.1 Å². The van der Waals surface area contributed by atoms with Crippen LogP contribution in [0.5, 0.6) is 0 Å². The predicted molar refractivity (Wildman–Crippen MR) is 69.3 cm³/mol. The van der Waals surface area contributed by atoms with Crippen LogP contribution in [0.4, 0.5) is 5.69 Å². The molecule has 0 spiro atoms. The molecule has 0 unspecified atom stereocenters. The second kappa shape index (κ2) is 4.49. The first-order valence-electron chi connectivity index (χ1n) is 5.39. The molecular formula is C12H12ClN2O3-. The summed E-state index contributed by atoms with van der Waals surface area (Å²) in [7, 11) is 0. The lowest BCUT2D eigenvalue weighted by atomic mass is 10.1. The number of nitro groups is 1. The molecular weight excluding hydrogens is 256 g/mol. The van der Waals surface area contributed by atoms with E-state index in [-0.39, 0.29) is 11.2 Å². The Kier molecular flexibility index (Phi) is 3.17. The summed E-state index contributed by atoms with van der Waals surface area (Å²) < 4.78 is 5.41. The molecule has 0 atom stereocenters. The first kappa shape index (κ1) is 12.7. The Morgan fingerprint density at radius 3 is 2.50 bits per heavy atom. The van der Waals surface area contributed by atoms with Gasteiger partial charge in [0.15, 0.2) is 0 Å². The zero-order valence-electron chi connectivity index (χ0n) is 10.0. The van der Waals surface area contributed by atoms with Gasteiger partial charge in [-0.3, -0.25) is 10.1 Å². The summed E-state index contributed by atoms with van der Waals surface area (Å²) in [5, 5.41) is 15.3. The van der Waals surface area contributed by atoms with Crippen molar-refractivity contribution in [3.8, 4) is 0 Å². The summed E-state index contributed by atoms with van der Waals surface area (Å²) in [4.78, 5) is 10.1. The zero-order chi connectivity index (χ0) is 13.3. The molecule has 1 heterocycles. The number of nitro benzene ring substituents is 1. The molecule has 18 heavy (non-hydrogen) atoms. The average Bonchev–Trinajstić information content (AvgIpc) is 2.69. The van der Waals surface area contributed by atoms with Crippen molar-refractivity contribution in [2.45, 2.75) is 19.4 Å². The van der Waals surface area contributed by atoms with Gasteiger partial charge in [-0.25, -0.2) is 0 Å². The number of halogens is 1. The summed E-state index contributed by atoms with van der Waals surface area (Å²) in [6.07, 6.45) is 0. The molecule has 0 aliphatic carbocycles. The van der Waals surface area contributed by atoms with E-state index in [0.29, 0.717) is 23.1 Å². The van der Waals surface area contributed by atoms with Gasteiger partial charge in [-0.2, -0.15) is 0 Å². The second-order valence-electron chi connectivity index (χ2n) is 4.64. The molecule has 5 nitrogen and oxygen atoms in total. The third-order valence-electron chi connectivity index (χ3n) is 2.49. The van der Waals surface area contributed by atoms with Crippen LogP contribution in [-0.4, -0.2) is 17.1 Å². The molecule has 0 aromatic heterocycles. The van der Waals surface area contributed by atoms with Gasteiger partial charge < -0.3 is 10.1 Å². The highest BCUT2D eigenvalue weighted by molar-refractivity contribution is 6.49. The topological polar surface area (TPSA) is 66.5 Å². The fourth-order valence-electron chi connectivity index (χ4n) is 1.55. The van der Waals surface area contributed by atoms with Gasteiger partial charge in [-0.1, -0.05) is 31.0 Å². The number of ether oxygens (including phenoxy) is 1. The zero-order valence-corrected chi connectivity index (χ0v) is 10.8. The molecule has 1 aromatic carbocycles. The number of hydrogen-bond donors (Lipinski definition) is 0. The molecule has 96 valence electrons. The van der Waals surface area contributed by atoms with Crippen LogP contribution in [0.1, 0.15) is 19.4 Å². The Labute approximate surface area is 110 Å². The standard InChI is InChI=1S/C12H12ClN2O3/c1-12(2)7-18-11(14-12)10(13)8-3-5-9(6-4-8)15(16)17/h3-6H,7H2,1-2H3/q-1/b11-10-. The first-order valence-corrected chi connectivity index (χ1v) is 5.77. The highest BCUT2D eigenvalue weighted by Gasteiger charge is 2.18. The number of non-ortho nitro benzene ring substituents is 1. The maximum Gasteiger partial charge on any atom is 0.269 e. The summed E-state index contributed by atoms with van der Waals surface area (Å²) in [5.74, 6) is 0.385. The summed E-state index contributed by atoms with van der Waals surface area (Å²) in [6.45, 7) is 4.37. The van der Waals surface area contributed by atoms with E-state index in [2.05, 4.69) is 5.32 Å². The Balaban J connectivity index is 2.27. The smallest absolute Gasteiger partial charge is 0.269 e. The van der Waals surface area contributed by atoms with Crippen molar-refractivity contribution in [2.24, 2.45) is 0 Å². The highest BCUT2D eigenvalue weighted by Crippen LogP contribution is 2.37. The Morgan fingerprint density at radius 2 is 2.06 bits per heavy atom. The third-order valence-corrected chi connectivity index (χ3v) is 2.87. The number of benzene rings is 1. The summed E-state index contributed by atoms with van der Waals surface area (Å²) >= 11 is 6.16. The Morgan fingerprint density at radius 1 is 1.44 bits per heavy atom. The van der Waals surface area contributed by atoms with Crippen molar-refractivity contribution in [1.82, 2.24) is 0 Å². The summed E-state index contributed by atoms with van der Waals surface area (Å²) in [6, 6.07) is 5.96. The monoisotopic (exact) mass is 267 g/mol. The van der Waals surface area contributed by atoms with Crippen molar-refractivity contribution in [3.63, 3.8) is 0 Å². The van der Waals surface area contributed by atoms with Gasteiger partial charge in [-0.15, -0.1) is 0 Å². The fourth-order valence-corrected chi connectivity index (χ4v) is 1.77. The van der Waals surface area contributed by atoms with Gasteiger partial charge in [0.2, 0.25) is 0 Å². The Bertz CT molecular complexity index is 509. The van der Waals surface area contributed by atoms with E-state index in [1.165, 1.54) is 12.1 Å². The molecule has 2 rings (SSSR count). The van der Waals surface area contributed by atoms with Crippen molar-refractivity contribution >= 4 is 22.3 Å². The highest BCUT2D eigenvalue weighted by atomic mass is 35.5. The van der Waals surface area contributed by atoms with E-state index in [9.17, 15) is 10.1 Å². The third kappa shape index (κ3) is 2.56. The molecule has 0 saturated carbocycles. The van der Waals surface area contributed by atoms with Crippen LogP contribution in [-0.2, 0) is 4.74 Å². The van der Waals surface area contributed by atoms with Crippen LogP contribution < -0.4 is 0 Å². The molecule has 0 amide bonds. The summed E-state index contributed by atoms with van der Waals surface area (Å²) in [5.41, 5.74) is 0.396. The average molecular weight is 268 g/mol. The lowest BCUT2D eigenvalue weighted by Crippen LogP contribution is -2.16. The van der Waals surface area contributed by atoms with E-state index >= 15 is 0 Å². The lowest BCUT2D eigenvalue weighted by molar-refractivity contribution is -0.384. The molecule has 0 bridgehead atoms. The Hall–Kier alpha value is -1.75. The van der Waals surface area contributed by atoms with Crippen LogP contribution in [0.2, 0.25) is 0 Å². The van der Waals surface area contributed by atoms with Crippen LogP contribution >= 0.6 is 11.6 Å². The second-order valence-corrected chi connectivity index (χ2v) is 5.01. The van der Waals surface area contributed by atoms with Gasteiger partial charge >= 0.3 is 0 Å². The number of nitrogens with zero attached hydrogens (tertiary/aromatic N) is 2. The van der Waals surface area contributed by atoms with Gasteiger partial charge in [-0.05, 0) is 17.7 Å². The normalized spacial score (nSPS) is 19.9.